The maximum absolute atomic E-state index is 11.6. The number of allylic oxidation sites excluding steroid dienone is 1. The van der Waals surface area contributed by atoms with Crippen LogP contribution >= 0.6 is 0 Å². The van der Waals surface area contributed by atoms with Gasteiger partial charge in [0, 0.05) is 22.8 Å². The fourth-order valence-corrected chi connectivity index (χ4v) is 2.88. The highest BCUT2D eigenvalue weighted by Gasteiger charge is 2.28. The second-order valence-electron chi connectivity index (χ2n) is 5.34. The maximum atomic E-state index is 11.6. The molecule has 2 aromatic rings. The Labute approximate surface area is 137 Å². The number of hydrogen-bond donors (Lipinski definition) is 2. The van der Waals surface area contributed by atoms with Crippen molar-refractivity contribution in [1.29, 1.82) is 0 Å². The quantitative estimate of drug-likeness (QED) is 0.883. The maximum Gasteiger partial charge on any atom is 0.336 e. The van der Waals surface area contributed by atoms with E-state index in [1.54, 1.807) is 42.5 Å². The number of carboxylic acids is 1. The molecule has 0 radical (unpaired) electrons. The van der Waals surface area contributed by atoms with Gasteiger partial charge in [0.1, 0.15) is 17.8 Å². The Morgan fingerprint density at radius 2 is 1.88 bits per heavy atom. The minimum Gasteiger partial charge on any atom is -0.508 e. The normalized spacial score (nSPS) is 14.9. The predicted molar refractivity (Wildman–Crippen MR) is 86.5 cm³/mol. The molecule has 118 valence electrons. The van der Waals surface area contributed by atoms with Gasteiger partial charge in [0.15, 0.2) is 5.76 Å². The summed E-state index contributed by atoms with van der Waals surface area (Å²) >= 11 is 0. The number of fused-ring (bicyclic) bond motifs is 2. The molecule has 2 N–H and O–H groups in total. The van der Waals surface area contributed by atoms with Crippen molar-refractivity contribution < 1.29 is 24.5 Å². The van der Waals surface area contributed by atoms with E-state index >= 15 is 0 Å². The lowest BCUT2D eigenvalue weighted by Gasteiger charge is -2.26. The summed E-state index contributed by atoms with van der Waals surface area (Å²) in [6.45, 7) is 0. The molecule has 2 aliphatic heterocycles. The monoisotopic (exact) mass is 320 g/mol. The largest absolute Gasteiger partial charge is 0.508 e. The van der Waals surface area contributed by atoms with Gasteiger partial charge < -0.3 is 19.7 Å². The van der Waals surface area contributed by atoms with Crippen LogP contribution in [0.2, 0.25) is 0 Å². The van der Waals surface area contributed by atoms with Crippen molar-refractivity contribution in [3.05, 3.63) is 89.1 Å². The van der Waals surface area contributed by atoms with Gasteiger partial charge >= 0.3 is 5.97 Å². The molecule has 0 saturated heterocycles. The lowest BCUT2D eigenvalue weighted by Crippen LogP contribution is -2.13. The van der Waals surface area contributed by atoms with Crippen LogP contribution in [0.4, 0.5) is 0 Å². The third-order valence-electron chi connectivity index (χ3n) is 3.90. The van der Waals surface area contributed by atoms with E-state index in [1.807, 2.05) is 0 Å². The third kappa shape index (κ3) is 2.14. The second-order valence-corrected chi connectivity index (χ2v) is 5.34. The van der Waals surface area contributed by atoms with Crippen molar-refractivity contribution in [3.8, 4) is 11.5 Å². The van der Waals surface area contributed by atoms with E-state index in [4.69, 9.17) is 9.47 Å². The molecule has 0 fully saturated rings. The minimum absolute atomic E-state index is 0.0657. The topological polar surface area (TPSA) is 76.0 Å². The van der Waals surface area contributed by atoms with Crippen LogP contribution in [0.3, 0.4) is 0 Å². The van der Waals surface area contributed by atoms with Gasteiger partial charge in [0.2, 0.25) is 0 Å². The van der Waals surface area contributed by atoms with E-state index in [-0.39, 0.29) is 11.3 Å². The lowest BCUT2D eigenvalue weighted by atomic mass is 9.87. The molecule has 0 spiro atoms. The standard InChI is InChI=1S/C19H12O5/c20-11-5-6-14-16(9-11)24-17-10-23-8-7-15(17)18(14)12-3-1-2-4-13(12)19(21)22/h1-10,20H,(H,21,22). The molecule has 2 aliphatic rings. The number of aromatic carboxylic acids is 1. The first kappa shape index (κ1) is 14.1. The van der Waals surface area contributed by atoms with Crippen LogP contribution < -0.4 is 4.74 Å². The summed E-state index contributed by atoms with van der Waals surface area (Å²) in [5.41, 5.74) is 2.93. The Morgan fingerprint density at radius 3 is 2.71 bits per heavy atom. The first-order chi connectivity index (χ1) is 11.6. The van der Waals surface area contributed by atoms with Crippen molar-refractivity contribution in [1.82, 2.24) is 0 Å². The number of rotatable bonds is 2. The smallest absolute Gasteiger partial charge is 0.336 e. The van der Waals surface area contributed by atoms with Crippen molar-refractivity contribution in [2.45, 2.75) is 0 Å². The van der Waals surface area contributed by atoms with Gasteiger partial charge in [-0.1, -0.05) is 18.2 Å². The number of aromatic hydroxyl groups is 1. The molecule has 0 saturated carbocycles. The number of phenolic OH excluding ortho intramolecular Hbond substituents is 1. The molecule has 2 aromatic carbocycles. The van der Waals surface area contributed by atoms with Gasteiger partial charge in [0.25, 0.3) is 0 Å². The van der Waals surface area contributed by atoms with E-state index in [1.165, 1.54) is 18.6 Å². The summed E-state index contributed by atoms with van der Waals surface area (Å²) < 4.78 is 11.0. The summed E-state index contributed by atoms with van der Waals surface area (Å²) in [6.07, 6.45) is 4.70. The van der Waals surface area contributed by atoms with E-state index in [0.717, 1.165) is 11.1 Å². The van der Waals surface area contributed by atoms with Crippen LogP contribution in [-0.4, -0.2) is 16.2 Å². The van der Waals surface area contributed by atoms with Gasteiger partial charge in [-0.25, -0.2) is 4.79 Å². The molecule has 0 unspecified atom stereocenters. The van der Waals surface area contributed by atoms with E-state index in [2.05, 4.69) is 0 Å². The van der Waals surface area contributed by atoms with Gasteiger partial charge in [-0.3, -0.25) is 0 Å². The zero-order chi connectivity index (χ0) is 16.7. The number of carboxylic acid groups (broad SMARTS) is 1. The van der Waals surface area contributed by atoms with Crippen molar-refractivity contribution in [2.24, 2.45) is 0 Å². The van der Waals surface area contributed by atoms with Crippen molar-refractivity contribution in [2.75, 3.05) is 0 Å². The molecule has 5 nitrogen and oxygen atoms in total. The second kappa shape index (κ2) is 5.31. The van der Waals surface area contributed by atoms with E-state index in [9.17, 15) is 15.0 Å². The molecule has 2 heterocycles. The molecule has 0 aliphatic carbocycles. The fourth-order valence-electron chi connectivity index (χ4n) is 2.88. The summed E-state index contributed by atoms with van der Waals surface area (Å²) in [7, 11) is 0. The zero-order valence-corrected chi connectivity index (χ0v) is 12.4. The van der Waals surface area contributed by atoms with Crippen LogP contribution in [0.25, 0.3) is 5.57 Å². The number of phenols is 1. The molecule has 5 heteroatoms. The van der Waals surface area contributed by atoms with Crippen LogP contribution in [0.1, 0.15) is 21.5 Å². The Bertz CT molecular complexity index is 950. The van der Waals surface area contributed by atoms with Gasteiger partial charge in [-0.2, -0.15) is 0 Å². The van der Waals surface area contributed by atoms with Gasteiger partial charge in [-0.05, 0) is 29.8 Å². The Balaban J connectivity index is 2.06. The fraction of sp³-hybridized carbons (Fsp3) is 0. The molecule has 4 rings (SSSR count). The number of hydrogen-bond acceptors (Lipinski definition) is 4. The summed E-state index contributed by atoms with van der Waals surface area (Å²) in [6, 6.07) is 11.6. The van der Waals surface area contributed by atoms with Crippen LogP contribution in [0.5, 0.6) is 11.5 Å². The van der Waals surface area contributed by atoms with Crippen LogP contribution in [0, 0.1) is 0 Å². The molecule has 0 amide bonds. The Hall–Kier alpha value is -3.47. The SMILES string of the molecule is O=C(O)c1ccccc1C1=C2C=COC=C2Oc2cc(O)ccc21. The highest BCUT2D eigenvalue weighted by Crippen LogP contribution is 2.44. The van der Waals surface area contributed by atoms with Crippen molar-refractivity contribution >= 4 is 11.5 Å². The Kier molecular flexibility index (Phi) is 3.13. The summed E-state index contributed by atoms with van der Waals surface area (Å²) in [5, 5.41) is 19.3. The third-order valence-corrected chi connectivity index (χ3v) is 3.90. The number of ether oxygens (including phenoxy) is 2. The van der Waals surface area contributed by atoms with E-state index < -0.39 is 5.97 Å². The van der Waals surface area contributed by atoms with Crippen LogP contribution in [0.15, 0.2) is 72.4 Å². The minimum atomic E-state index is -1.01. The first-order valence-electron chi connectivity index (χ1n) is 7.26. The number of carbonyl (C=O) groups is 1. The summed E-state index contributed by atoms with van der Waals surface area (Å²) in [4.78, 5) is 11.6. The highest BCUT2D eigenvalue weighted by atomic mass is 16.5. The van der Waals surface area contributed by atoms with E-state index in [0.29, 0.717) is 22.6 Å². The van der Waals surface area contributed by atoms with Gasteiger partial charge in [0.05, 0.1) is 11.8 Å². The predicted octanol–water partition coefficient (Wildman–Crippen LogP) is 3.67. The van der Waals surface area contributed by atoms with Crippen molar-refractivity contribution in [3.63, 3.8) is 0 Å². The highest BCUT2D eigenvalue weighted by molar-refractivity contribution is 6.00. The lowest BCUT2D eigenvalue weighted by molar-refractivity contribution is 0.0696. The number of benzene rings is 2. The molecule has 0 atom stereocenters. The average Bonchev–Trinajstić information content (AvgIpc) is 2.59. The van der Waals surface area contributed by atoms with Gasteiger partial charge in [-0.15, -0.1) is 0 Å². The summed E-state index contributed by atoms with van der Waals surface area (Å²) in [5.74, 6) is -0.0343. The first-order valence-corrected chi connectivity index (χ1v) is 7.26. The van der Waals surface area contributed by atoms with Crippen LogP contribution in [-0.2, 0) is 4.74 Å². The average molecular weight is 320 g/mol. The molecule has 0 aromatic heterocycles. The molecule has 24 heavy (non-hydrogen) atoms. The molecular formula is C19H12O5. The zero-order valence-electron chi connectivity index (χ0n) is 12.4. The Morgan fingerprint density at radius 1 is 1.04 bits per heavy atom. The molecule has 0 bridgehead atoms. The molecular weight excluding hydrogens is 308 g/mol.